The summed E-state index contributed by atoms with van der Waals surface area (Å²) in [4.78, 5) is 12.5. The van der Waals surface area contributed by atoms with E-state index >= 15 is 0 Å². The number of hydrogen-bond acceptors (Lipinski definition) is 5. The van der Waals surface area contributed by atoms with Crippen LogP contribution in [0.3, 0.4) is 0 Å². The van der Waals surface area contributed by atoms with Crippen molar-refractivity contribution in [3.05, 3.63) is 83.9 Å². The van der Waals surface area contributed by atoms with Crippen LogP contribution >= 0.6 is 0 Å². The average molecular weight is 429 g/mol. The SMILES string of the molecule is Cc1ccc(CNC(=O)CCc2cn(-c3ccccc3)nc2-c2ccc3c(c2)OCO3)o1. The minimum atomic E-state index is -0.0387. The Kier molecular flexibility index (Phi) is 5.37. The molecule has 2 aromatic heterocycles. The van der Waals surface area contributed by atoms with E-state index < -0.39 is 0 Å². The van der Waals surface area contributed by atoms with Crippen LogP contribution in [0, 0.1) is 6.92 Å². The molecule has 32 heavy (non-hydrogen) atoms. The topological polar surface area (TPSA) is 78.5 Å². The van der Waals surface area contributed by atoms with E-state index in [-0.39, 0.29) is 12.7 Å². The molecule has 0 saturated heterocycles. The lowest BCUT2D eigenvalue weighted by Crippen LogP contribution is -2.22. The first-order chi connectivity index (χ1) is 15.7. The van der Waals surface area contributed by atoms with Gasteiger partial charge in [0.25, 0.3) is 0 Å². The summed E-state index contributed by atoms with van der Waals surface area (Å²) in [6.07, 6.45) is 2.88. The summed E-state index contributed by atoms with van der Waals surface area (Å²) in [6.45, 7) is 2.48. The number of furan rings is 1. The number of ether oxygens (including phenoxy) is 2. The first kappa shape index (κ1) is 19.9. The number of rotatable bonds is 7. The first-order valence-corrected chi connectivity index (χ1v) is 10.5. The molecule has 0 atom stereocenters. The zero-order valence-corrected chi connectivity index (χ0v) is 17.7. The van der Waals surface area contributed by atoms with E-state index in [4.69, 9.17) is 19.0 Å². The van der Waals surface area contributed by atoms with Gasteiger partial charge in [-0.25, -0.2) is 4.68 Å². The molecule has 1 aliphatic rings. The summed E-state index contributed by atoms with van der Waals surface area (Å²) < 4.78 is 18.3. The Morgan fingerprint density at radius 2 is 1.91 bits per heavy atom. The highest BCUT2D eigenvalue weighted by molar-refractivity contribution is 5.76. The van der Waals surface area contributed by atoms with Crippen molar-refractivity contribution in [2.24, 2.45) is 0 Å². The Labute approximate surface area is 185 Å². The molecule has 162 valence electrons. The van der Waals surface area contributed by atoms with Crippen molar-refractivity contribution in [2.45, 2.75) is 26.3 Å². The standard InChI is InChI=1S/C25H23N3O4/c1-17-7-10-21(32-17)14-26-24(29)12-9-19-15-28(20-5-3-2-4-6-20)27-25(19)18-8-11-22-23(13-18)31-16-30-22/h2-8,10-11,13,15H,9,12,14,16H2,1H3,(H,26,29). The molecule has 0 bridgehead atoms. The quantitative estimate of drug-likeness (QED) is 0.471. The molecule has 0 saturated carbocycles. The number of nitrogens with one attached hydrogen (secondary N) is 1. The number of aromatic nitrogens is 2. The Hall–Kier alpha value is -4.00. The largest absolute Gasteiger partial charge is 0.465 e. The summed E-state index contributed by atoms with van der Waals surface area (Å²) in [5.74, 6) is 2.97. The second kappa shape index (κ2) is 8.63. The molecule has 0 aliphatic carbocycles. The predicted octanol–water partition coefficient (Wildman–Crippen LogP) is 4.42. The van der Waals surface area contributed by atoms with Gasteiger partial charge in [0.15, 0.2) is 11.5 Å². The van der Waals surface area contributed by atoms with Crippen molar-refractivity contribution in [1.82, 2.24) is 15.1 Å². The maximum absolute atomic E-state index is 12.5. The van der Waals surface area contributed by atoms with E-state index in [1.807, 2.05) is 78.5 Å². The zero-order valence-electron chi connectivity index (χ0n) is 17.7. The molecule has 0 unspecified atom stereocenters. The van der Waals surface area contributed by atoms with Gasteiger partial charge in [-0.05, 0) is 61.4 Å². The van der Waals surface area contributed by atoms with Gasteiger partial charge in [-0.15, -0.1) is 0 Å². The lowest BCUT2D eigenvalue weighted by atomic mass is 10.0. The van der Waals surface area contributed by atoms with Crippen LogP contribution in [0.5, 0.6) is 11.5 Å². The Morgan fingerprint density at radius 3 is 2.72 bits per heavy atom. The molecular formula is C25H23N3O4. The molecule has 3 heterocycles. The van der Waals surface area contributed by atoms with Gasteiger partial charge in [0, 0.05) is 18.2 Å². The van der Waals surface area contributed by atoms with Crippen LogP contribution in [0.1, 0.15) is 23.5 Å². The van der Waals surface area contributed by atoms with Gasteiger partial charge in [0.1, 0.15) is 11.5 Å². The number of amides is 1. The van der Waals surface area contributed by atoms with E-state index in [9.17, 15) is 4.79 Å². The third-order valence-electron chi connectivity index (χ3n) is 5.33. The molecule has 0 fully saturated rings. The van der Waals surface area contributed by atoms with E-state index in [0.717, 1.165) is 39.8 Å². The van der Waals surface area contributed by atoms with E-state index in [1.54, 1.807) is 0 Å². The minimum Gasteiger partial charge on any atom is -0.465 e. The zero-order chi connectivity index (χ0) is 21.9. The maximum Gasteiger partial charge on any atom is 0.231 e. The van der Waals surface area contributed by atoms with Crippen LogP contribution in [-0.2, 0) is 17.8 Å². The fourth-order valence-electron chi connectivity index (χ4n) is 3.69. The predicted molar refractivity (Wildman–Crippen MR) is 119 cm³/mol. The first-order valence-electron chi connectivity index (χ1n) is 10.5. The highest BCUT2D eigenvalue weighted by Gasteiger charge is 2.18. The minimum absolute atomic E-state index is 0.0387. The van der Waals surface area contributed by atoms with Gasteiger partial charge in [0.05, 0.1) is 17.9 Å². The molecule has 0 spiro atoms. The van der Waals surface area contributed by atoms with Gasteiger partial charge in [-0.3, -0.25) is 4.79 Å². The monoisotopic (exact) mass is 429 g/mol. The molecule has 1 amide bonds. The van der Waals surface area contributed by atoms with Gasteiger partial charge in [-0.2, -0.15) is 5.10 Å². The molecule has 7 nitrogen and oxygen atoms in total. The summed E-state index contributed by atoms with van der Waals surface area (Å²) in [5.41, 5.74) is 3.68. The summed E-state index contributed by atoms with van der Waals surface area (Å²) in [5, 5.41) is 7.74. The number of carbonyl (C=O) groups excluding carboxylic acids is 1. The number of fused-ring (bicyclic) bond motifs is 1. The van der Waals surface area contributed by atoms with Crippen LogP contribution in [0.4, 0.5) is 0 Å². The van der Waals surface area contributed by atoms with Crippen molar-refractivity contribution in [3.8, 4) is 28.4 Å². The summed E-state index contributed by atoms with van der Waals surface area (Å²) in [6, 6.07) is 19.5. The molecule has 2 aromatic carbocycles. The molecule has 0 radical (unpaired) electrons. The molecule has 4 aromatic rings. The van der Waals surface area contributed by atoms with Crippen molar-refractivity contribution in [1.29, 1.82) is 0 Å². The maximum atomic E-state index is 12.5. The lowest BCUT2D eigenvalue weighted by molar-refractivity contribution is -0.121. The highest BCUT2D eigenvalue weighted by Crippen LogP contribution is 2.36. The second-order valence-electron chi connectivity index (χ2n) is 7.64. The van der Waals surface area contributed by atoms with Gasteiger partial charge < -0.3 is 19.2 Å². The van der Waals surface area contributed by atoms with Gasteiger partial charge in [0.2, 0.25) is 12.7 Å². The summed E-state index contributed by atoms with van der Waals surface area (Å²) in [7, 11) is 0. The van der Waals surface area contributed by atoms with Crippen molar-refractivity contribution in [2.75, 3.05) is 6.79 Å². The van der Waals surface area contributed by atoms with Crippen molar-refractivity contribution < 1.29 is 18.7 Å². The normalized spacial score (nSPS) is 12.2. The van der Waals surface area contributed by atoms with Crippen molar-refractivity contribution in [3.63, 3.8) is 0 Å². The smallest absolute Gasteiger partial charge is 0.231 e. The Morgan fingerprint density at radius 1 is 1.06 bits per heavy atom. The molecule has 5 rings (SSSR count). The second-order valence-corrected chi connectivity index (χ2v) is 7.64. The number of hydrogen-bond donors (Lipinski definition) is 1. The lowest BCUT2D eigenvalue weighted by Gasteiger charge is -2.05. The third kappa shape index (κ3) is 4.23. The molecule has 1 N–H and O–H groups in total. The van der Waals surface area contributed by atoms with Crippen LogP contribution in [0.2, 0.25) is 0 Å². The number of carbonyl (C=O) groups is 1. The summed E-state index contributed by atoms with van der Waals surface area (Å²) >= 11 is 0. The fourth-order valence-corrected chi connectivity index (χ4v) is 3.69. The number of aryl methyl sites for hydroxylation is 2. The van der Waals surface area contributed by atoms with Crippen LogP contribution in [0.25, 0.3) is 16.9 Å². The molecular weight excluding hydrogens is 406 g/mol. The molecule has 1 aliphatic heterocycles. The van der Waals surface area contributed by atoms with Gasteiger partial charge >= 0.3 is 0 Å². The number of para-hydroxylation sites is 1. The van der Waals surface area contributed by atoms with Crippen LogP contribution < -0.4 is 14.8 Å². The Bertz CT molecular complexity index is 1240. The van der Waals surface area contributed by atoms with Gasteiger partial charge in [-0.1, -0.05) is 18.2 Å². The van der Waals surface area contributed by atoms with Crippen LogP contribution in [-0.4, -0.2) is 22.5 Å². The van der Waals surface area contributed by atoms with E-state index in [2.05, 4.69) is 5.32 Å². The van der Waals surface area contributed by atoms with E-state index in [0.29, 0.717) is 25.1 Å². The number of benzene rings is 2. The molecule has 7 heteroatoms. The highest BCUT2D eigenvalue weighted by atomic mass is 16.7. The average Bonchev–Trinajstić information content (AvgIpc) is 3.55. The fraction of sp³-hybridized carbons (Fsp3) is 0.200. The van der Waals surface area contributed by atoms with Crippen LogP contribution in [0.15, 0.2) is 71.3 Å². The Balaban J connectivity index is 1.36. The van der Waals surface area contributed by atoms with Crippen molar-refractivity contribution >= 4 is 5.91 Å². The third-order valence-corrected chi connectivity index (χ3v) is 5.33. The van der Waals surface area contributed by atoms with E-state index in [1.165, 1.54) is 0 Å². The number of nitrogens with zero attached hydrogens (tertiary/aromatic N) is 2.